The maximum Gasteiger partial charge on any atom is 0.408 e. The summed E-state index contributed by atoms with van der Waals surface area (Å²) in [4.78, 5) is 47.7. The van der Waals surface area contributed by atoms with Crippen LogP contribution in [0.4, 0.5) is 4.79 Å². The number of ketones is 1. The molecule has 8 heteroatoms. The van der Waals surface area contributed by atoms with Gasteiger partial charge >= 0.3 is 6.09 Å². The van der Waals surface area contributed by atoms with Crippen molar-refractivity contribution in [1.29, 1.82) is 0 Å². The highest BCUT2D eigenvalue weighted by molar-refractivity contribution is 5.92. The molecule has 136 valence electrons. The van der Waals surface area contributed by atoms with E-state index in [9.17, 15) is 19.2 Å². The van der Waals surface area contributed by atoms with E-state index in [1.54, 1.807) is 0 Å². The van der Waals surface area contributed by atoms with E-state index in [1.165, 1.54) is 25.9 Å². The van der Waals surface area contributed by atoms with Crippen LogP contribution in [0.5, 0.6) is 0 Å². The Bertz CT molecular complexity index is 616. The van der Waals surface area contributed by atoms with Crippen LogP contribution in [0.2, 0.25) is 0 Å². The van der Waals surface area contributed by atoms with E-state index in [2.05, 4.69) is 10.6 Å². The van der Waals surface area contributed by atoms with Gasteiger partial charge in [-0.2, -0.15) is 0 Å². The zero-order chi connectivity index (χ0) is 18.8. The molecule has 0 fully saturated rings. The Morgan fingerprint density at radius 1 is 1.12 bits per heavy atom. The van der Waals surface area contributed by atoms with Crippen LogP contribution in [0, 0.1) is 0 Å². The summed E-state index contributed by atoms with van der Waals surface area (Å²) in [5.74, 6) is -1.08. The second-order valence-corrected chi connectivity index (χ2v) is 5.63. The van der Waals surface area contributed by atoms with Crippen molar-refractivity contribution >= 4 is 23.7 Å². The maximum atomic E-state index is 12.3. The molecule has 0 aliphatic carbocycles. The Morgan fingerprint density at radius 2 is 1.76 bits per heavy atom. The summed E-state index contributed by atoms with van der Waals surface area (Å²) in [6.45, 7) is 0.596. The molecule has 1 unspecified atom stereocenters. The van der Waals surface area contributed by atoms with Crippen LogP contribution in [0.1, 0.15) is 12.5 Å². The van der Waals surface area contributed by atoms with E-state index in [0.29, 0.717) is 6.42 Å². The highest BCUT2D eigenvalue weighted by atomic mass is 16.6. The van der Waals surface area contributed by atoms with Gasteiger partial charge in [0.25, 0.3) is 5.91 Å². The number of carbonyl (C=O) groups excluding carboxylic acids is 4. The summed E-state index contributed by atoms with van der Waals surface area (Å²) in [6, 6.07) is 8.45. The number of hydrogen-bond donors (Lipinski definition) is 2. The number of Topliss-reactive ketones (excluding diaryl/α,β-unsaturated/α-hetero) is 1. The van der Waals surface area contributed by atoms with Gasteiger partial charge in [0.15, 0.2) is 12.4 Å². The molecule has 2 N–H and O–H groups in total. The number of benzene rings is 1. The average Bonchev–Trinajstić information content (AvgIpc) is 2.57. The van der Waals surface area contributed by atoms with E-state index in [1.807, 2.05) is 30.3 Å². The largest absolute Gasteiger partial charge is 0.439 e. The Balaban J connectivity index is 2.53. The molecule has 1 aromatic carbocycles. The lowest BCUT2D eigenvalue weighted by molar-refractivity contribution is -0.131. The van der Waals surface area contributed by atoms with E-state index >= 15 is 0 Å². The SMILES string of the molecule is CC(=O)NC(Cc1ccccc1)C(=O)CNC(=O)OCC(=O)N(C)C. The molecule has 0 spiro atoms. The van der Waals surface area contributed by atoms with Crippen LogP contribution in [0.25, 0.3) is 0 Å². The first-order valence-electron chi connectivity index (χ1n) is 7.74. The Kier molecular flexibility index (Phi) is 8.11. The van der Waals surface area contributed by atoms with E-state index in [4.69, 9.17) is 4.74 Å². The molecule has 0 heterocycles. The highest BCUT2D eigenvalue weighted by Gasteiger charge is 2.20. The smallest absolute Gasteiger partial charge is 0.408 e. The normalized spacial score (nSPS) is 11.2. The number of hydrogen-bond acceptors (Lipinski definition) is 5. The molecule has 1 aromatic rings. The molecule has 25 heavy (non-hydrogen) atoms. The third kappa shape index (κ3) is 7.96. The third-order valence-corrected chi connectivity index (χ3v) is 3.28. The number of ether oxygens (including phenoxy) is 1. The molecule has 0 aliphatic rings. The number of nitrogens with one attached hydrogen (secondary N) is 2. The van der Waals surface area contributed by atoms with Crippen LogP contribution >= 0.6 is 0 Å². The van der Waals surface area contributed by atoms with Crippen molar-refractivity contribution < 1.29 is 23.9 Å². The molecule has 3 amide bonds. The summed E-state index contributed by atoms with van der Waals surface area (Å²) in [7, 11) is 3.07. The quantitative estimate of drug-likeness (QED) is 0.693. The van der Waals surface area contributed by atoms with Crippen molar-refractivity contribution in [3.05, 3.63) is 35.9 Å². The lowest BCUT2D eigenvalue weighted by atomic mass is 10.0. The molecule has 0 saturated carbocycles. The van der Waals surface area contributed by atoms with Gasteiger partial charge in [-0.1, -0.05) is 30.3 Å². The van der Waals surface area contributed by atoms with Gasteiger partial charge in [-0.15, -0.1) is 0 Å². The number of alkyl carbamates (subject to hydrolysis) is 1. The first-order valence-corrected chi connectivity index (χ1v) is 7.74. The van der Waals surface area contributed by atoms with Gasteiger partial charge in [0.05, 0.1) is 12.6 Å². The fourth-order valence-electron chi connectivity index (χ4n) is 1.93. The fourth-order valence-corrected chi connectivity index (χ4v) is 1.93. The van der Waals surface area contributed by atoms with Gasteiger partial charge in [-0.25, -0.2) is 4.79 Å². The van der Waals surface area contributed by atoms with Gasteiger partial charge in [0.2, 0.25) is 5.91 Å². The Hall–Kier alpha value is -2.90. The van der Waals surface area contributed by atoms with Gasteiger partial charge in [-0.3, -0.25) is 14.4 Å². The second kappa shape index (κ2) is 10.1. The number of likely N-dealkylation sites (N-methyl/N-ethyl adjacent to an activating group) is 1. The molecule has 1 rings (SSSR count). The number of rotatable bonds is 8. The minimum Gasteiger partial charge on any atom is -0.439 e. The number of nitrogens with zero attached hydrogens (tertiary/aromatic N) is 1. The average molecular weight is 349 g/mol. The third-order valence-electron chi connectivity index (χ3n) is 3.28. The van der Waals surface area contributed by atoms with Crippen molar-refractivity contribution in [2.75, 3.05) is 27.2 Å². The molecule has 0 radical (unpaired) electrons. The van der Waals surface area contributed by atoms with Gasteiger partial charge in [-0.05, 0) is 12.0 Å². The Morgan fingerprint density at radius 3 is 2.32 bits per heavy atom. The Labute approximate surface area is 146 Å². The summed E-state index contributed by atoms with van der Waals surface area (Å²) >= 11 is 0. The maximum absolute atomic E-state index is 12.3. The van der Waals surface area contributed by atoms with Crippen molar-refractivity contribution in [2.24, 2.45) is 0 Å². The van der Waals surface area contributed by atoms with Crippen molar-refractivity contribution in [3.8, 4) is 0 Å². The van der Waals surface area contributed by atoms with Crippen LogP contribution in [-0.4, -0.2) is 61.9 Å². The highest BCUT2D eigenvalue weighted by Crippen LogP contribution is 2.04. The molecule has 0 bridgehead atoms. The summed E-state index contributed by atoms with van der Waals surface area (Å²) in [6.07, 6.45) is -0.556. The minimum atomic E-state index is -0.871. The molecule has 8 nitrogen and oxygen atoms in total. The summed E-state index contributed by atoms with van der Waals surface area (Å²) in [5, 5.41) is 4.86. The van der Waals surface area contributed by atoms with E-state index in [-0.39, 0.29) is 24.1 Å². The summed E-state index contributed by atoms with van der Waals surface area (Å²) in [5.41, 5.74) is 0.883. The first kappa shape index (κ1) is 20.1. The molecular formula is C17H23N3O5. The fraction of sp³-hybridized carbons (Fsp3) is 0.412. The number of amides is 3. The van der Waals surface area contributed by atoms with Crippen molar-refractivity contribution in [3.63, 3.8) is 0 Å². The van der Waals surface area contributed by atoms with Gasteiger partial charge in [0.1, 0.15) is 0 Å². The number of carbonyl (C=O) groups is 4. The summed E-state index contributed by atoms with van der Waals surface area (Å²) < 4.78 is 4.71. The lowest BCUT2D eigenvalue weighted by Crippen LogP contribution is -2.46. The predicted molar refractivity (Wildman–Crippen MR) is 90.8 cm³/mol. The molecule has 0 aromatic heterocycles. The monoisotopic (exact) mass is 349 g/mol. The molecule has 0 saturated heterocycles. The van der Waals surface area contributed by atoms with Gasteiger partial charge < -0.3 is 20.3 Å². The second-order valence-electron chi connectivity index (χ2n) is 5.63. The van der Waals surface area contributed by atoms with E-state index < -0.39 is 18.7 Å². The van der Waals surface area contributed by atoms with Crippen molar-refractivity contribution in [1.82, 2.24) is 15.5 Å². The topological polar surface area (TPSA) is 105 Å². The van der Waals surface area contributed by atoms with Crippen LogP contribution in [0.3, 0.4) is 0 Å². The zero-order valence-electron chi connectivity index (χ0n) is 14.6. The van der Waals surface area contributed by atoms with Crippen molar-refractivity contribution in [2.45, 2.75) is 19.4 Å². The van der Waals surface area contributed by atoms with Crippen LogP contribution in [0.15, 0.2) is 30.3 Å². The lowest BCUT2D eigenvalue weighted by Gasteiger charge is -2.17. The standard InChI is InChI=1S/C17H23N3O5/c1-12(21)19-14(9-13-7-5-4-6-8-13)15(22)10-18-17(24)25-11-16(23)20(2)3/h4-8,14H,9-11H2,1-3H3,(H,18,24)(H,19,21). The first-order chi connectivity index (χ1) is 11.8. The predicted octanol–water partition coefficient (Wildman–Crippen LogP) is 0.117. The molecule has 0 aliphatic heterocycles. The minimum absolute atomic E-state index is 0.313. The van der Waals surface area contributed by atoms with Crippen LogP contribution in [-0.2, 0) is 25.5 Å². The van der Waals surface area contributed by atoms with Gasteiger partial charge in [0, 0.05) is 21.0 Å². The van der Waals surface area contributed by atoms with E-state index in [0.717, 1.165) is 5.56 Å². The molecular weight excluding hydrogens is 326 g/mol. The van der Waals surface area contributed by atoms with Crippen LogP contribution < -0.4 is 10.6 Å². The molecule has 1 atom stereocenters. The zero-order valence-corrected chi connectivity index (χ0v) is 14.6.